The zero-order valence-corrected chi connectivity index (χ0v) is 23.5. The van der Waals surface area contributed by atoms with Crippen LogP contribution in [-0.2, 0) is 18.0 Å². The SMILES string of the molecule is N#C/C(=C\c1c(OCc2ccc([N+](=O)[O-])cc2)ccc2ccccc12)C(=O)Nc1ccc(OCc2ccccc2Cl)cc1. The maximum atomic E-state index is 13.2. The monoisotopic (exact) mass is 589 g/mol. The predicted octanol–water partition coefficient (Wildman–Crippen LogP) is 8.11. The Bertz CT molecular complexity index is 1860. The van der Waals surface area contributed by atoms with Crippen LogP contribution in [0.3, 0.4) is 0 Å². The topological polar surface area (TPSA) is 114 Å². The van der Waals surface area contributed by atoms with E-state index in [0.29, 0.717) is 34.4 Å². The van der Waals surface area contributed by atoms with E-state index in [2.05, 4.69) is 5.32 Å². The van der Waals surface area contributed by atoms with Gasteiger partial charge < -0.3 is 14.8 Å². The van der Waals surface area contributed by atoms with Gasteiger partial charge in [-0.05, 0) is 70.9 Å². The Balaban J connectivity index is 1.33. The second-order valence-electron chi connectivity index (χ2n) is 9.44. The smallest absolute Gasteiger partial charge is 0.269 e. The van der Waals surface area contributed by atoms with Crippen LogP contribution in [-0.4, -0.2) is 10.8 Å². The van der Waals surface area contributed by atoms with E-state index in [9.17, 15) is 20.2 Å². The van der Waals surface area contributed by atoms with Crippen LogP contribution >= 0.6 is 11.6 Å². The normalized spacial score (nSPS) is 11.0. The molecule has 0 unspecified atom stereocenters. The van der Waals surface area contributed by atoms with Gasteiger partial charge in [-0.1, -0.05) is 60.1 Å². The van der Waals surface area contributed by atoms with E-state index in [1.165, 1.54) is 18.2 Å². The number of nitriles is 1. The highest BCUT2D eigenvalue weighted by molar-refractivity contribution is 6.31. The van der Waals surface area contributed by atoms with Crippen molar-refractivity contribution >= 4 is 45.7 Å². The molecule has 0 aliphatic carbocycles. The molecular formula is C34H24ClN3O5. The fourth-order valence-electron chi connectivity index (χ4n) is 4.33. The number of nitrogens with zero attached hydrogens (tertiary/aromatic N) is 2. The zero-order chi connectivity index (χ0) is 30.2. The lowest BCUT2D eigenvalue weighted by Gasteiger charge is -2.13. The van der Waals surface area contributed by atoms with Gasteiger partial charge in [-0.15, -0.1) is 0 Å². The summed E-state index contributed by atoms with van der Waals surface area (Å²) in [5.74, 6) is 0.471. The van der Waals surface area contributed by atoms with Gasteiger partial charge in [0.15, 0.2) is 0 Å². The third kappa shape index (κ3) is 7.17. The Morgan fingerprint density at radius 2 is 1.60 bits per heavy atom. The van der Waals surface area contributed by atoms with Crippen LogP contribution in [0.25, 0.3) is 16.8 Å². The Morgan fingerprint density at radius 3 is 2.33 bits per heavy atom. The number of benzene rings is 5. The number of carbonyl (C=O) groups excluding carboxylic acids is 1. The van der Waals surface area contributed by atoms with Gasteiger partial charge in [-0.25, -0.2) is 0 Å². The number of hydrogen-bond acceptors (Lipinski definition) is 6. The summed E-state index contributed by atoms with van der Waals surface area (Å²) in [7, 11) is 0. The predicted molar refractivity (Wildman–Crippen MR) is 166 cm³/mol. The second-order valence-corrected chi connectivity index (χ2v) is 9.85. The summed E-state index contributed by atoms with van der Waals surface area (Å²) in [4.78, 5) is 23.7. The lowest BCUT2D eigenvalue weighted by molar-refractivity contribution is -0.384. The molecule has 0 aliphatic rings. The van der Waals surface area contributed by atoms with Crippen molar-refractivity contribution in [2.24, 2.45) is 0 Å². The molecule has 0 bridgehead atoms. The van der Waals surface area contributed by atoms with Crippen molar-refractivity contribution in [1.82, 2.24) is 0 Å². The summed E-state index contributed by atoms with van der Waals surface area (Å²) < 4.78 is 11.9. The maximum absolute atomic E-state index is 13.2. The molecule has 0 saturated heterocycles. The van der Waals surface area contributed by atoms with Gasteiger partial charge >= 0.3 is 0 Å². The largest absolute Gasteiger partial charge is 0.489 e. The first-order valence-electron chi connectivity index (χ1n) is 13.2. The minimum Gasteiger partial charge on any atom is -0.489 e. The first-order chi connectivity index (χ1) is 20.9. The van der Waals surface area contributed by atoms with Crippen LogP contribution in [0.4, 0.5) is 11.4 Å². The Morgan fingerprint density at radius 1 is 0.884 bits per heavy atom. The Hall–Kier alpha value is -5.65. The molecule has 212 valence electrons. The van der Waals surface area contributed by atoms with Gasteiger partial charge in [0.25, 0.3) is 11.6 Å². The van der Waals surface area contributed by atoms with Crippen LogP contribution in [0.2, 0.25) is 5.02 Å². The van der Waals surface area contributed by atoms with Gasteiger partial charge in [0, 0.05) is 34.0 Å². The van der Waals surface area contributed by atoms with Crippen LogP contribution in [0.5, 0.6) is 11.5 Å². The number of nitro benzene ring substituents is 1. The average Bonchev–Trinajstić information content (AvgIpc) is 3.03. The molecule has 0 aliphatic heterocycles. The molecule has 0 aromatic heterocycles. The van der Waals surface area contributed by atoms with Crippen LogP contribution in [0.15, 0.2) is 115 Å². The fraction of sp³-hybridized carbons (Fsp3) is 0.0588. The summed E-state index contributed by atoms with van der Waals surface area (Å²) in [6.07, 6.45) is 1.50. The maximum Gasteiger partial charge on any atom is 0.269 e. The summed E-state index contributed by atoms with van der Waals surface area (Å²) in [6, 6.07) is 33.5. The molecule has 0 heterocycles. The third-order valence-corrected chi connectivity index (χ3v) is 6.96. The van der Waals surface area contributed by atoms with Gasteiger partial charge in [-0.2, -0.15) is 5.26 Å². The number of ether oxygens (including phenoxy) is 2. The van der Waals surface area contributed by atoms with Crippen molar-refractivity contribution < 1.29 is 19.2 Å². The van der Waals surface area contributed by atoms with E-state index >= 15 is 0 Å². The van der Waals surface area contributed by atoms with Crippen molar-refractivity contribution in [1.29, 1.82) is 5.26 Å². The Kier molecular flexibility index (Phi) is 8.96. The fourth-order valence-corrected chi connectivity index (χ4v) is 4.52. The second kappa shape index (κ2) is 13.3. The quantitative estimate of drug-likeness (QED) is 0.0761. The number of carbonyl (C=O) groups is 1. The van der Waals surface area contributed by atoms with Crippen LogP contribution < -0.4 is 14.8 Å². The van der Waals surface area contributed by atoms with Crippen molar-refractivity contribution in [3.05, 3.63) is 147 Å². The van der Waals surface area contributed by atoms with Crippen molar-refractivity contribution in [3.8, 4) is 17.6 Å². The molecule has 5 aromatic carbocycles. The summed E-state index contributed by atoms with van der Waals surface area (Å²) in [5, 5.41) is 26.0. The molecule has 0 saturated carbocycles. The highest BCUT2D eigenvalue weighted by Crippen LogP contribution is 2.31. The highest BCUT2D eigenvalue weighted by atomic mass is 35.5. The van der Waals surface area contributed by atoms with Gasteiger partial charge in [0.05, 0.1) is 4.92 Å². The van der Waals surface area contributed by atoms with E-state index < -0.39 is 10.8 Å². The number of anilines is 1. The number of nitrogens with one attached hydrogen (secondary N) is 1. The lowest BCUT2D eigenvalue weighted by atomic mass is 10.0. The first-order valence-corrected chi connectivity index (χ1v) is 13.6. The third-order valence-electron chi connectivity index (χ3n) is 6.59. The molecule has 0 spiro atoms. The molecular weight excluding hydrogens is 566 g/mol. The number of halogens is 1. The van der Waals surface area contributed by atoms with E-state index in [0.717, 1.165) is 21.9 Å². The molecule has 0 fully saturated rings. The van der Waals surface area contributed by atoms with E-state index in [1.54, 1.807) is 48.5 Å². The summed E-state index contributed by atoms with van der Waals surface area (Å²) in [6.45, 7) is 0.433. The standard InChI is InChI=1S/C34H24ClN3O5/c35-32-8-4-2-6-25(32)22-42-29-16-12-27(13-17-29)37-34(39)26(20-36)19-31-30-7-3-1-5-24(30)11-18-33(31)43-21-23-9-14-28(15-10-23)38(40)41/h1-19H,21-22H2,(H,37,39)/b26-19+. The molecule has 1 amide bonds. The van der Waals surface area contributed by atoms with Crippen LogP contribution in [0, 0.1) is 21.4 Å². The molecule has 8 nitrogen and oxygen atoms in total. The molecule has 5 rings (SSSR count). The lowest BCUT2D eigenvalue weighted by Crippen LogP contribution is -2.13. The molecule has 9 heteroatoms. The van der Waals surface area contributed by atoms with Crippen molar-refractivity contribution in [2.75, 3.05) is 5.32 Å². The minimum atomic E-state index is -0.582. The van der Waals surface area contributed by atoms with Crippen molar-refractivity contribution in [3.63, 3.8) is 0 Å². The summed E-state index contributed by atoms with van der Waals surface area (Å²) >= 11 is 6.19. The van der Waals surface area contributed by atoms with Crippen molar-refractivity contribution in [2.45, 2.75) is 13.2 Å². The Labute approximate surface area is 252 Å². The first kappa shape index (κ1) is 28.9. The number of fused-ring (bicyclic) bond motifs is 1. The minimum absolute atomic E-state index is 0.0120. The number of nitro groups is 1. The van der Waals surface area contributed by atoms with E-state index in [4.69, 9.17) is 21.1 Å². The van der Waals surface area contributed by atoms with Gasteiger partial charge in [-0.3, -0.25) is 14.9 Å². The molecule has 43 heavy (non-hydrogen) atoms. The number of rotatable bonds is 10. The molecule has 5 aromatic rings. The molecule has 0 atom stereocenters. The van der Waals surface area contributed by atoms with Gasteiger partial charge in [0.1, 0.15) is 36.4 Å². The molecule has 0 radical (unpaired) electrons. The number of hydrogen-bond donors (Lipinski definition) is 1. The number of non-ortho nitro benzene ring substituents is 1. The van der Waals surface area contributed by atoms with E-state index in [-0.39, 0.29) is 17.9 Å². The average molecular weight is 590 g/mol. The van der Waals surface area contributed by atoms with E-state index in [1.807, 2.05) is 54.6 Å². The zero-order valence-electron chi connectivity index (χ0n) is 22.7. The van der Waals surface area contributed by atoms with Gasteiger partial charge in [0.2, 0.25) is 0 Å². The van der Waals surface area contributed by atoms with Crippen LogP contribution in [0.1, 0.15) is 16.7 Å². The highest BCUT2D eigenvalue weighted by Gasteiger charge is 2.15. The number of amides is 1. The summed E-state index contributed by atoms with van der Waals surface area (Å²) in [5.41, 5.74) is 2.51. The molecule has 1 N–H and O–H groups in total.